The Morgan fingerprint density at radius 3 is 2.47 bits per heavy atom. The van der Waals surface area contributed by atoms with Crippen molar-refractivity contribution in [3.8, 4) is 0 Å². The van der Waals surface area contributed by atoms with Gasteiger partial charge < -0.3 is 19.9 Å². The zero-order chi connectivity index (χ0) is 21.6. The maximum absolute atomic E-state index is 12.9. The van der Waals surface area contributed by atoms with Gasteiger partial charge in [0.15, 0.2) is 0 Å². The molecule has 2 heterocycles. The first kappa shape index (κ1) is 23.1. The number of ether oxygens (including phenoxy) is 1. The second-order valence-electron chi connectivity index (χ2n) is 8.34. The highest BCUT2D eigenvalue weighted by Gasteiger charge is 2.36. The SMILES string of the molecule is CCN(CC)C(=O)N1CCC(C(=O)NCC2(c3cccc(Br)c3)CCOCC2)CC1. The van der Waals surface area contributed by atoms with Gasteiger partial charge in [0.2, 0.25) is 5.91 Å². The molecule has 0 atom stereocenters. The molecule has 0 saturated carbocycles. The summed E-state index contributed by atoms with van der Waals surface area (Å²) in [4.78, 5) is 29.2. The Morgan fingerprint density at radius 1 is 1.20 bits per heavy atom. The third-order valence-corrected chi connectivity index (χ3v) is 7.15. The monoisotopic (exact) mass is 479 g/mol. The van der Waals surface area contributed by atoms with Gasteiger partial charge in [-0.1, -0.05) is 28.1 Å². The molecule has 0 bridgehead atoms. The third-order valence-electron chi connectivity index (χ3n) is 6.66. The van der Waals surface area contributed by atoms with Gasteiger partial charge in [-0.25, -0.2) is 4.79 Å². The van der Waals surface area contributed by atoms with Crippen molar-refractivity contribution in [1.82, 2.24) is 15.1 Å². The van der Waals surface area contributed by atoms with E-state index in [1.807, 2.05) is 29.7 Å². The minimum absolute atomic E-state index is 0.0230. The molecule has 0 radical (unpaired) electrons. The number of rotatable bonds is 6. The minimum atomic E-state index is -0.0862. The van der Waals surface area contributed by atoms with Gasteiger partial charge in [-0.15, -0.1) is 0 Å². The zero-order valence-corrected chi connectivity index (χ0v) is 19.7. The van der Waals surface area contributed by atoms with Crippen LogP contribution in [0.15, 0.2) is 28.7 Å². The van der Waals surface area contributed by atoms with Gasteiger partial charge >= 0.3 is 6.03 Å². The zero-order valence-electron chi connectivity index (χ0n) is 18.2. The standard InChI is InChI=1S/C23H34BrN3O3/c1-3-26(4-2)22(29)27-12-8-18(9-13-27)21(28)25-17-23(10-14-30-15-11-23)19-6-5-7-20(24)16-19/h5-7,16,18H,3-4,8-15,17H2,1-2H3,(H,25,28). The summed E-state index contributed by atoms with van der Waals surface area (Å²) in [5.74, 6) is 0.0935. The van der Waals surface area contributed by atoms with Crippen LogP contribution in [0.2, 0.25) is 0 Å². The highest BCUT2D eigenvalue weighted by molar-refractivity contribution is 9.10. The number of urea groups is 1. The van der Waals surface area contributed by atoms with E-state index in [1.165, 1.54) is 5.56 Å². The first-order valence-corrected chi connectivity index (χ1v) is 11.9. The molecule has 6 nitrogen and oxygen atoms in total. The van der Waals surface area contributed by atoms with E-state index in [1.54, 1.807) is 0 Å². The van der Waals surface area contributed by atoms with Crippen molar-refractivity contribution in [2.75, 3.05) is 45.9 Å². The molecule has 3 rings (SSSR count). The topological polar surface area (TPSA) is 61.9 Å². The minimum Gasteiger partial charge on any atom is -0.381 e. The van der Waals surface area contributed by atoms with Crippen LogP contribution >= 0.6 is 15.9 Å². The van der Waals surface area contributed by atoms with Crippen LogP contribution in [0, 0.1) is 5.92 Å². The van der Waals surface area contributed by atoms with Crippen molar-refractivity contribution in [2.24, 2.45) is 5.92 Å². The molecule has 30 heavy (non-hydrogen) atoms. The van der Waals surface area contributed by atoms with Crippen LogP contribution in [0.4, 0.5) is 4.79 Å². The number of nitrogens with one attached hydrogen (secondary N) is 1. The second kappa shape index (κ2) is 10.6. The summed E-state index contributed by atoms with van der Waals surface area (Å²) < 4.78 is 6.66. The van der Waals surface area contributed by atoms with Crippen LogP contribution < -0.4 is 5.32 Å². The van der Waals surface area contributed by atoms with Crippen LogP contribution in [0.5, 0.6) is 0 Å². The molecule has 7 heteroatoms. The van der Waals surface area contributed by atoms with Crippen LogP contribution in [0.1, 0.15) is 45.1 Å². The average molecular weight is 480 g/mol. The Bertz CT molecular complexity index is 724. The molecule has 0 spiro atoms. The van der Waals surface area contributed by atoms with E-state index in [2.05, 4.69) is 39.4 Å². The normalized spacial score (nSPS) is 19.4. The van der Waals surface area contributed by atoms with E-state index in [4.69, 9.17) is 4.74 Å². The molecule has 3 amide bonds. The lowest BCUT2D eigenvalue weighted by atomic mass is 9.74. The summed E-state index contributed by atoms with van der Waals surface area (Å²) >= 11 is 3.58. The van der Waals surface area contributed by atoms with E-state index in [0.29, 0.717) is 32.8 Å². The fourth-order valence-corrected chi connectivity index (χ4v) is 4.97. The van der Waals surface area contributed by atoms with Crippen molar-refractivity contribution in [2.45, 2.75) is 44.9 Å². The Morgan fingerprint density at radius 2 is 1.87 bits per heavy atom. The number of hydrogen-bond acceptors (Lipinski definition) is 3. The van der Waals surface area contributed by atoms with Crippen LogP contribution in [0.3, 0.4) is 0 Å². The largest absolute Gasteiger partial charge is 0.381 e. The van der Waals surface area contributed by atoms with Crippen molar-refractivity contribution in [3.63, 3.8) is 0 Å². The number of piperidine rings is 1. The maximum Gasteiger partial charge on any atom is 0.319 e. The molecule has 0 aromatic heterocycles. The van der Waals surface area contributed by atoms with E-state index in [0.717, 1.165) is 43.2 Å². The summed E-state index contributed by atoms with van der Waals surface area (Å²) in [5.41, 5.74) is 1.16. The molecular weight excluding hydrogens is 446 g/mol. The van der Waals surface area contributed by atoms with Crippen LogP contribution in [-0.4, -0.2) is 67.7 Å². The number of carbonyl (C=O) groups excluding carboxylic acids is 2. The first-order chi connectivity index (χ1) is 14.5. The molecule has 2 aliphatic heterocycles. The van der Waals surface area contributed by atoms with Crippen LogP contribution in [-0.2, 0) is 14.9 Å². The molecule has 2 aliphatic rings. The Hall–Kier alpha value is -1.60. The lowest BCUT2D eigenvalue weighted by Gasteiger charge is -2.39. The maximum atomic E-state index is 12.9. The summed E-state index contributed by atoms with van der Waals surface area (Å²) in [6.07, 6.45) is 3.26. The molecular formula is C23H34BrN3O3. The van der Waals surface area contributed by atoms with Crippen molar-refractivity contribution >= 4 is 27.9 Å². The summed E-state index contributed by atoms with van der Waals surface area (Å²) in [7, 11) is 0. The van der Waals surface area contributed by atoms with Crippen molar-refractivity contribution in [3.05, 3.63) is 34.3 Å². The summed E-state index contributed by atoms with van der Waals surface area (Å²) in [5, 5.41) is 3.25. The lowest BCUT2D eigenvalue weighted by Crippen LogP contribution is -2.50. The van der Waals surface area contributed by atoms with E-state index >= 15 is 0 Å². The van der Waals surface area contributed by atoms with Crippen molar-refractivity contribution in [1.29, 1.82) is 0 Å². The summed E-state index contributed by atoms with van der Waals surface area (Å²) in [6, 6.07) is 8.49. The number of amides is 3. The second-order valence-corrected chi connectivity index (χ2v) is 9.25. The molecule has 166 valence electrons. The molecule has 2 fully saturated rings. The third kappa shape index (κ3) is 5.35. The highest BCUT2D eigenvalue weighted by atomic mass is 79.9. The molecule has 2 saturated heterocycles. The lowest BCUT2D eigenvalue weighted by molar-refractivity contribution is -0.126. The van der Waals surface area contributed by atoms with Crippen LogP contribution in [0.25, 0.3) is 0 Å². The quantitative estimate of drug-likeness (QED) is 0.674. The van der Waals surface area contributed by atoms with Gasteiger partial charge in [0, 0.05) is 61.7 Å². The average Bonchev–Trinajstić information content (AvgIpc) is 2.79. The number of halogens is 1. The fraction of sp³-hybridized carbons (Fsp3) is 0.652. The van der Waals surface area contributed by atoms with Crippen molar-refractivity contribution < 1.29 is 14.3 Å². The van der Waals surface area contributed by atoms with Gasteiger partial charge in [0.1, 0.15) is 0 Å². The smallest absolute Gasteiger partial charge is 0.319 e. The molecule has 1 aromatic rings. The Labute approximate surface area is 188 Å². The Kier molecular flexibility index (Phi) is 8.17. The number of carbonyl (C=O) groups is 2. The van der Waals surface area contributed by atoms with Gasteiger partial charge in [-0.05, 0) is 57.2 Å². The van der Waals surface area contributed by atoms with E-state index in [9.17, 15) is 9.59 Å². The predicted octanol–water partition coefficient (Wildman–Crippen LogP) is 3.79. The van der Waals surface area contributed by atoms with E-state index in [-0.39, 0.29) is 23.3 Å². The molecule has 1 N–H and O–H groups in total. The van der Waals surface area contributed by atoms with E-state index < -0.39 is 0 Å². The predicted molar refractivity (Wildman–Crippen MR) is 121 cm³/mol. The van der Waals surface area contributed by atoms with Gasteiger partial charge in [0.05, 0.1) is 0 Å². The number of benzene rings is 1. The molecule has 0 unspecified atom stereocenters. The Balaban J connectivity index is 1.57. The van der Waals surface area contributed by atoms with Gasteiger partial charge in [0.25, 0.3) is 0 Å². The first-order valence-electron chi connectivity index (χ1n) is 11.1. The molecule has 0 aliphatic carbocycles. The summed E-state index contributed by atoms with van der Waals surface area (Å²) in [6.45, 7) is 8.80. The molecule has 1 aromatic carbocycles. The number of likely N-dealkylation sites (tertiary alicyclic amines) is 1. The number of hydrogen-bond donors (Lipinski definition) is 1. The highest BCUT2D eigenvalue weighted by Crippen LogP contribution is 2.35. The number of nitrogens with zero attached hydrogens (tertiary/aromatic N) is 2. The van der Waals surface area contributed by atoms with Gasteiger partial charge in [-0.3, -0.25) is 4.79 Å². The van der Waals surface area contributed by atoms with Gasteiger partial charge in [-0.2, -0.15) is 0 Å². The fourth-order valence-electron chi connectivity index (χ4n) is 4.58.